The largest absolute Gasteiger partial charge is 0.433 e. The van der Waals surface area contributed by atoms with Gasteiger partial charge in [-0.15, -0.1) is 0 Å². The van der Waals surface area contributed by atoms with E-state index in [0.29, 0.717) is 17.1 Å². The summed E-state index contributed by atoms with van der Waals surface area (Å²) in [7, 11) is 0. The summed E-state index contributed by atoms with van der Waals surface area (Å²) < 4.78 is 38.4. The monoisotopic (exact) mass is 388 g/mol. The first-order valence-electron chi connectivity index (χ1n) is 8.01. The molecule has 0 saturated heterocycles. The van der Waals surface area contributed by atoms with Crippen molar-refractivity contribution >= 4 is 22.6 Å². The smallest absolute Gasteiger partial charge is 0.346 e. The lowest BCUT2D eigenvalue weighted by Crippen LogP contribution is -2.08. The lowest BCUT2D eigenvalue weighted by Gasteiger charge is -2.08. The van der Waals surface area contributed by atoms with E-state index in [-0.39, 0.29) is 5.69 Å². The maximum atomic E-state index is 12.8. The Balaban J connectivity index is 1.60. The molecule has 4 nitrogen and oxygen atoms in total. The van der Waals surface area contributed by atoms with Crippen LogP contribution in [0.1, 0.15) is 16.8 Å². The molecule has 4 aromatic rings. The van der Waals surface area contributed by atoms with E-state index in [1.807, 2.05) is 18.3 Å². The third-order valence-electron chi connectivity index (χ3n) is 4.10. The second-order valence-corrected chi connectivity index (χ2v) is 6.43. The number of hydrogen-bond donors (Lipinski definition) is 1. The van der Waals surface area contributed by atoms with Gasteiger partial charge in [0.1, 0.15) is 11.3 Å². The Bertz CT molecular complexity index is 1100. The molecule has 0 aliphatic rings. The van der Waals surface area contributed by atoms with Gasteiger partial charge >= 0.3 is 6.18 Å². The number of aromatic amines is 1. The van der Waals surface area contributed by atoms with Crippen LogP contribution in [0.15, 0.2) is 55.0 Å². The molecule has 0 amide bonds. The first-order chi connectivity index (χ1) is 12.9. The minimum Gasteiger partial charge on any atom is -0.346 e. The molecule has 0 spiro atoms. The van der Waals surface area contributed by atoms with Gasteiger partial charge in [0.2, 0.25) is 0 Å². The molecule has 0 unspecified atom stereocenters. The maximum Gasteiger partial charge on any atom is 0.433 e. The lowest BCUT2D eigenvalue weighted by atomic mass is 10.1. The summed E-state index contributed by atoms with van der Waals surface area (Å²) in [6, 6.07) is 9.09. The van der Waals surface area contributed by atoms with E-state index in [0.717, 1.165) is 28.2 Å². The second-order valence-electron chi connectivity index (χ2n) is 6.00. The molecule has 0 saturated carbocycles. The SMILES string of the molecule is FC(F)(F)c1cccc(-c2ccc(Cc3c[nH]c4ncc(Cl)cc34)cn2)n1. The Morgan fingerprint density at radius 1 is 1.00 bits per heavy atom. The van der Waals surface area contributed by atoms with E-state index in [1.165, 1.54) is 12.1 Å². The van der Waals surface area contributed by atoms with Crippen LogP contribution in [0.25, 0.3) is 22.4 Å². The maximum absolute atomic E-state index is 12.8. The van der Waals surface area contributed by atoms with E-state index in [9.17, 15) is 13.2 Å². The summed E-state index contributed by atoms with van der Waals surface area (Å²) in [4.78, 5) is 15.2. The zero-order chi connectivity index (χ0) is 19.0. The average Bonchev–Trinajstić information content (AvgIpc) is 3.04. The Kier molecular flexibility index (Phi) is 4.31. The van der Waals surface area contributed by atoms with Crippen molar-refractivity contribution in [1.29, 1.82) is 0 Å². The number of rotatable bonds is 3. The van der Waals surface area contributed by atoms with E-state index in [4.69, 9.17) is 11.6 Å². The molecule has 0 fully saturated rings. The molecule has 1 N–H and O–H groups in total. The van der Waals surface area contributed by atoms with E-state index in [2.05, 4.69) is 19.9 Å². The minimum atomic E-state index is -4.49. The molecule has 0 bridgehead atoms. The summed E-state index contributed by atoms with van der Waals surface area (Å²) >= 11 is 6.01. The van der Waals surface area contributed by atoms with Gasteiger partial charge in [-0.05, 0) is 35.4 Å². The number of pyridine rings is 3. The molecule has 0 aliphatic carbocycles. The van der Waals surface area contributed by atoms with Gasteiger partial charge < -0.3 is 4.98 Å². The molecule has 0 radical (unpaired) electrons. The van der Waals surface area contributed by atoms with Gasteiger partial charge in [0.15, 0.2) is 0 Å². The number of aromatic nitrogens is 4. The zero-order valence-corrected chi connectivity index (χ0v) is 14.5. The molecule has 8 heteroatoms. The highest BCUT2D eigenvalue weighted by Gasteiger charge is 2.32. The molecule has 0 atom stereocenters. The Morgan fingerprint density at radius 2 is 1.85 bits per heavy atom. The van der Waals surface area contributed by atoms with Crippen molar-refractivity contribution in [2.24, 2.45) is 0 Å². The van der Waals surface area contributed by atoms with Crippen molar-refractivity contribution in [3.63, 3.8) is 0 Å². The summed E-state index contributed by atoms with van der Waals surface area (Å²) in [6.07, 6.45) is 1.17. The molecule has 4 heterocycles. The van der Waals surface area contributed by atoms with Crippen LogP contribution in [-0.2, 0) is 12.6 Å². The predicted octanol–water partition coefficient (Wildman–Crippen LogP) is 5.28. The molecule has 27 heavy (non-hydrogen) atoms. The Labute approximate surface area is 157 Å². The van der Waals surface area contributed by atoms with Gasteiger partial charge in [0.25, 0.3) is 0 Å². The topological polar surface area (TPSA) is 54.5 Å². The number of fused-ring (bicyclic) bond motifs is 1. The van der Waals surface area contributed by atoms with Gasteiger partial charge in [-0.25, -0.2) is 9.97 Å². The van der Waals surface area contributed by atoms with Crippen LogP contribution >= 0.6 is 11.6 Å². The average molecular weight is 389 g/mol. The van der Waals surface area contributed by atoms with Crippen molar-refractivity contribution in [2.75, 3.05) is 0 Å². The number of alkyl halides is 3. The van der Waals surface area contributed by atoms with Crippen LogP contribution in [0.4, 0.5) is 13.2 Å². The van der Waals surface area contributed by atoms with Gasteiger partial charge in [0, 0.05) is 30.4 Å². The fourth-order valence-corrected chi connectivity index (χ4v) is 2.97. The summed E-state index contributed by atoms with van der Waals surface area (Å²) in [5.74, 6) is 0. The second kappa shape index (κ2) is 6.66. The first-order valence-corrected chi connectivity index (χ1v) is 8.39. The van der Waals surface area contributed by atoms with E-state index < -0.39 is 11.9 Å². The zero-order valence-electron chi connectivity index (χ0n) is 13.8. The highest BCUT2D eigenvalue weighted by molar-refractivity contribution is 6.31. The molecule has 4 rings (SSSR count). The minimum absolute atomic E-state index is 0.180. The normalized spacial score (nSPS) is 11.9. The van der Waals surface area contributed by atoms with Crippen LogP contribution < -0.4 is 0 Å². The number of nitrogens with zero attached hydrogens (tertiary/aromatic N) is 3. The van der Waals surface area contributed by atoms with Gasteiger partial charge in [-0.1, -0.05) is 23.7 Å². The standard InChI is InChI=1S/C19H12ClF3N4/c20-13-7-14-12(9-25-18(14)26-10-13)6-11-4-5-15(24-8-11)16-2-1-3-17(27-16)19(21,22)23/h1-5,7-10H,6H2,(H,25,26). The number of H-pyrrole nitrogens is 1. The highest BCUT2D eigenvalue weighted by Crippen LogP contribution is 2.29. The van der Waals surface area contributed by atoms with Crippen LogP contribution in [0.3, 0.4) is 0 Å². The molecular weight excluding hydrogens is 377 g/mol. The van der Waals surface area contributed by atoms with E-state index in [1.54, 1.807) is 18.5 Å². The van der Waals surface area contributed by atoms with Gasteiger partial charge in [-0.2, -0.15) is 13.2 Å². The van der Waals surface area contributed by atoms with Crippen molar-refractivity contribution < 1.29 is 13.2 Å². The van der Waals surface area contributed by atoms with Crippen LogP contribution in [0, 0.1) is 0 Å². The van der Waals surface area contributed by atoms with E-state index >= 15 is 0 Å². The molecule has 136 valence electrons. The summed E-state index contributed by atoms with van der Waals surface area (Å²) in [6.45, 7) is 0. The molecule has 0 aliphatic heterocycles. The van der Waals surface area contributed by atoms with Crippen molar-refractivity contribution in [1.82, 2.24) is 19.9 Å². The number of halogens is 4. The lowest BCUT2D eigenvalue weighted by molar-refractivity contribution is -0.141. The van der Waals surface area contributed by atoms with Gasteiger partial charge in [-0.3, -0.25) is 4.98 Å². The third-order valence-corrected chi connectivity index (χ3v) is 4.31. The van der Waals surface area contributed by atoms with Crippen molar-refractivity contribution in [3.05, 3.63) is 76.8 Å². The van der Waals surface area contributed by atoms with Crippen LogP contribution in [-0.4, -0.2) is 19.9 Å². The number of hydrogen-bond acceptors (Lipinski definition) is 3. The predicted molar refractivity (Wildman–Crippen MR) is 96.4 cm³/mol. The quantitative estimate of drug-likeness (QED) is 0.519. The Hall–Kier alpha value is -2.93. The molecule has 0 aromatic carbocycles. The Morgan fingerprint density at radius 3 is 2.59 bits per heavy atom. The fourth-order valence-electron chi connectivity index (χ4n) is 2.81. The van der Waals surface area contributed by atoms with Gasteiger partial charge in [0.05, 0.1) is 16.4 Å². The van der Waals surface area contributed by atoms with Crippen molar-refractivity contribution in [3.8, 4) is 11.4 Å². The van der Waals surface area contributed by atoms with Crippen molar-refractivity contribution in [2.45, 2.75) is 12.6 Å². The summed E-state index contributed by atoms with van der Waals surface area (Å²) in [5.41, 5.74) is 2.28. The third kappa shape index (κ3) is 3.64. The van der Waals surface area contributed by atoms with Crippen LogP contribution in [0.2, 0.25) is 5.02 Å². The number of nitrogens with one attached hydrogen (secondary N) is 1. The fraction of sp³-hybridized carbons (Fsp3) is 0.105. The molecular formula is C19H12ClF3N4. The van der Waals surface area contributed by atoms with Crippen LogP contribution in [0.5, 0.6) is 0 Å². The summed E-state index contributed by atoms with van der Waals surface area (Å²) in [5, 5.41) is 1.47. The molecule has 4 aromatic heterocycles. The highest BCUT2D eigenvalue weighted by atomic mass is 35.5. The first kappa shape index (κ1) is 17.5.